The zero-order valence-electron chi connectivity index (χ0n) is 23.7. The maximum atomic E-state index is 13.8. The van der Waals surface area contributed by atoms with Gasteiger partial charge in [0.05, 0.1) is 6.04 Å². The van der Waals surface area contributed by atoms with Crippen molar-refractivity contribution < 1.29 is 14.4 Å². The number of hydrogen-bond acceptors (Lipinski definition) is 5. The number of rotatable bonds is 10. The van der Waals surface area contributed by atoms with Gasteiger partial charge in [0.1, 0.15) is 12.1 Å². The van der Waals surface area contributed by atoms with Gasteiger partial charge in [-0.3, -0.25) is 14.4 Å². The van der Waals surface area contributed by atoms with E-state index >= 15 is 0 Å². The van der Waals surface area contributed by atoms with Gasteiger partial charge >= 0.3 is 0 Å². The van der Waals surface area contributed by atoms with Crippen LogP contribution in [0.5, 0.6) is 0 Å². The van der Waals surface area contributed by atoms with Crippen LogP contribution in [0.1, 0.15) is 82.8 Å². The molecule has 1 saturated carbocycles. The van der Waals surface area contributed by atoms with E-state index in [0.717, 1.165) is 44.9 Å². The normalized spacial score (nSPS) is 21.6. The number of nitrogens with one attached hydrogen (secondary N) is 2. The molecule has 214 valence electrons. The maximum absolute atomic E-state index is 13.8. The number of allylic oxidation sites excluding steroid dienone is 1. The Hall–Kier alpha value is -2.71. The molecule has 1 aromatic carbocycles. The Balaban J connectivity index is 1.44. The first-order chi connectivity index (χ1) is 18.8. The van der Waals surface area contributed by atoms with Gasteiger partial charge in [0.2, 0.25) is 17.7 Å². The van der Waals surface area contributed by atoms with E-state index in [0.29, 0.717) is 25.4 Å². The summed E-state index contributed by atoms with van der Waals surface area (Å²) in [6, 6.07) is 6.26. The van der Waals surface area contributed by atoms with Crippen LogP contribution in [0.4, 0.5) is 0 Å². The summed E-state index contributed by atoms with van der Waals surface area (Å²) >= 11 is 0. The van der Waals surface area contributed by atoms with Gasteiger partial charge < -0.3 is 27.0 Å². The molecule has 4 atom stereocenters. The Kier molecular flexibility index (Phi) is 9.83. The molecule has 3 aliphatic rings. The molecule has 1 saturated heterocycles. The van der Waals surface area contributed by atoms with Crippen LogP contribution in [0, 0.1) is 11.8 Å². The molecule has 8 heteroatoms. The van der Waals surface area contributed by atoms with Gasteiger partial charge in [0, 0.05) is 25.0 Å². The van der Waals surface area contributed by atoms with Gasteiger partial charge in [0.25, 0.3) is 0 Å². The van der Waals surface area contributed by atoms with Crippen LogP contribution < -0.4 is 22.1 Å². The van der Waals surface area contributed by atoms with Crippen molar-refractivity contribution in [2.45, 2.75) is 95.2 Å². The third-order valence-electron chi connectivity index (χ3n) is 9.34. The average Bonchev–Trinajstić information content (AvgIpc) is 3.32. The summed E-state index contributed by atoms with van der Waals surface area (Å²) in [6.45, 7) is 5.34. The number of fused-ring (bicyclic) bond motifs is 2. The topological polar surface area (TPSA) is 131 Å². The predicted molar refractivity (Wildman–Crippen MR) is 155 cm³/mol. The van der Waals surface area contributed by atoms with Crippen molar-refractivity contribution >= 4 is 23.8 Å². The van der Waals surface area contributed by atoms with E-state index in [9.17, 15) is 14.4 Å². The van der Waals surface area contributed by atoms with Crippen LogP contribution in [0.3, 0.4) is 0 Å². The second kappa shape index (κ2) is 13.1. The van der Waals surface area contributed by atoms with E-state index in [1.807, 2.05) is 18.7 Å². The fraction of sp³-hybridized carbons (Fsp3) is 0.645. The highest BCUT2D eigenvalue weighted by Gasteiger charge is 2.41. The number of carbonyl (C=O) groups excluding carboxylic acids is 3. The summed E-state index contributed by atoms with van der Waals surface area (Å²) in [5.41, 5.74) is 14.1. The number of hydrogen-bond donors (Lipinski definition) is 4. The second-order valence-electron chi connectivity index (χ2n) is 11.9. The van der Waals surface area contributed by atoms with Crippen molar-refractivity contribution in [3.63, 3.8) is 0 Å². The summed E-state index contributed by atoms with van der Waals surface area (Å²) < 4.78 is 0. The van der Waals surface area contributed by atoms with Crippen LogP contribution in [0.2, 0.25) is 0 Å². The molecule has 1 spiro atoms. The lowest BCUT2D eigenvalue weighted by Gasteiger charge is -2.41. The van der Waals surface area contributed by atoms with Crippen LogP contribution in [0.25, 0.3) is 6.08 Å². The van der Waals surface area contributed by atoms with Crippen LogP contribution in [-0.4, -0.2) is 60.4 Å². The van der Waals surface area contributed by atoms with Gasteiger partial charge in [-0.15, -0.1) is 0 Å². The zero-order chi connectivity index (χ0) is 28.0. The smallest absolute Gasteiger partial charge is 0.245 e. The molecule has 0 aromatic heterocycles. The Bertz CT molecular complexity index is 1040. The minimum Gasteiger partial charge on any atom is -0.343 e. The van der Waals surface area contributed by atoms with E-state index in [2.05, 4.69) is 47.1 Å². The van der Waals surface area contributed by atoms with Crippen molar-refractivity contribution in [2.75, 3.05) is 19.6 Å². The summed E-state index contributed by atoms with van der Waals surface area (Å²) in [5, 5.41) is 5.91. The Labute approximate surface area is 233 Å². The first-order valence-electron chi connectivity index (χ1n) is 14.9. The van der Waals surface area contributed by atoms with Crippen molar-refractivity contribution in [2.24, 2.45) is 23.3 Å². The highest BCUT2D eigenvalue weighted by atomic mass is 16.2. The molecule has 4 rings (SSSR count). The minimum atomic E-state index is -0.867. The van der Waals surface area contributed by atoms with Gasteiger partial charge in [-0.05, 0) is 42.2 Å². The first kappa shape index (κ1) is 29.3. The van der Waals surface area contributed by atoms with E-state index in [1.165, 1.54) is 17.5 Å². The van der Waals surface area contributed by atoms with E-state index in [1.54, 1.807) is 0 Å². The number of likely N-dealkylation sites (tertiary alicyclic amines) is 1. The van der Waals surface area contributed by atoms with Gasteiger partial charge in [0.15, 0.2) is 0 Å². The molecule has 6 N–H and O–H groups in total. The van der Waals surface area contributed by atoms with E-state index in [-0.39, 0.29) is 29.7 Å². The SMILES string of the molecule is CC[C@H](C)[C@H](NC(=O)[C@H](CC1CCCCC1)NC(=O)[C@@H](N)CN)C(=O)N1CCC2(C=Cc3ccccc32)CC1. The van der Waals surface area contributed by atoms with Gasteiger partial charge in [-0.2, -0.15) is 0 Å². The number of piperidine rings is 1. The van der Waals surface area contributed by atoms with Gasteiger partial charge in [-0.1, -0.05) is 88.8 Å². The zero-order valence-corrected chi connectivity index (χ0v) is 23.7. The van der Waals surface area contributed by atoms with Crippen LogP contribution >= 0.6 is 0 Å². The third kappa shape index (κ3) is 6.72. The monoisotopic (exact) mass is 537 g/mol. The van der Waals surface area contributed by atoms with Crippen molar-refractivity contribution in [1.29, 1.82) is 0 Å². The molecule has 8 nitrogen and oxygen atoms in total. The molecular weight excluding hydrogens is 490 g/mol. The fourth-order valence-corrected chi connectivity index (χ4v) is 6.50. The van der Waals surface area contributed by atoms with E-state index < -0.39 is 24.0 Å². The molecule has 1 aliphatic heterocycles. The Morgan fingerprint density at radius 3 is 2.41 bits per heavy atom. The molecule has 39 heavy (non-hydrogen) atoms. The highest BCUT2D eigenvalue weighted by molar-refractivity contribution is 5.93. The lowest BCUT2D eigenvalue weighted by atomic mass is 9.74. The van der Waals surface area contributed by atoms with E-state index in [4.69, 9.17) is 11.5 Å². The summed E-state index contributed by atoms with van der Waals surface area (Å²) in [5.74, 6) is -0.447. The lowest BCUT2D eigenvalue weighted by molar-refractivity contribution is -0.140. The second-order valence-corrected chi connectivity index (χ2v) is 11.9. The van der Waals surface area contributed by atoms with Crippen LogP contribution in [-0.2, 0) is 19.8 Å². The standard InChI is InChI=1S/C31H47N5O3/c1-3-21(2)27(30(39)36-17-15-31(16-18-36)14-13-23-11-7-8-12-24(23)31)35-29(38)26(34-28(37)25(33)20-32)19-22-9-5-4-6-10-22/h7-8,11-14,21-22,25-27H,3-6,9-10,15-20,32-33H2,1-2H3,(H,34,37)(H,35,38)/t21-,25-,26-,27-/m0/s1. The summed E-state index contributed by atoms with van der Waals surface area (Å²) in [7, 11) is 0. The highest BCUT2D eigenvalue weighted by Crippen LogP contribution is 2.43. The molecule has 0 bridgehead atoms. The maximum Gasteiger partial charge on any atom is 0.245 e. The summed E-state index contributed by atoms with van der Waals surface area (Å²) in [4.78, 5) is 42.0. The number of nitrogens with two attached hydrogens (primary N) is 2. The average molecular weight is 538 g/mol. The third-order valence-corrected chi connectivity index (χ3v) is 9.34. The van der Waals surface area contributed by atoms with Crippen LogP contribution in [0.15, 0.2) is 30.3 Å². The molecular formula is C31H47N5O3. The summed E-state index contributed by atoms with van der Waals surface area (Å²) in [6.07, 6.45) is 13.1. The van der Waals surface area contributed by atoms with Crippen molar-refractivity contribution in [1.82, 2.24) is 15.5 Å². The van der Waals surface area contributed by atoms with Crippen molar-refractivity contribution in [3.8, 4) is 0 Å². The molecule has 1 heterocycles. The number of carbonyl (C=O) groups is 3. The Morgan fingerprint density at radius 2 is 1.74 bits per heavy atom. The molecule has 3 amide bonds. The fourth-order valence-electron chi connectivity index (χ4n) is 6.50. The first-order valence-corrected chi connectivity index (χ1v) is 14.9. The number of benzene rings is 1. The molecule has 2 fully saturated rings. The number of nitrogens with zero attached hydrogens (tertiary/aromatic N) is 1. The molecule has 0 radical (unpaired) electrons. The molecule has 0 unspecified atom stereocenters. The lowest BCUT2D eigenvalue weighted by Crippen LogP contribution is -2.59. The molecule has 1 aromatic rings. The predicted octanol–water partition coefficient (Wildman–Crippen LogP) is 2.85. The van der Waals surface area contributed by atoms with Crippen molar-refractivity contribution in [3.05, 3.63) is 41.5 Å². The largest absolute Gasteiger partial charge is 0.343 e. The van der Waals surface area contributed by atoms with Gasteiger partial charge in [-0.25, -0.2) is 0 Å². The minimum absolute atomic E-state index is 0.00763. The Morgan fingerprint density at radius 1 is 1.05 bits per heavy atom. The quantitative estimate of drug-likeness (QED) is 0.365. The number of amides is 3. The molecule has 2 aliphatic carbocycles.